The Balaban J connectivity index is 1.99. The molecule has 0 atom stereocenters. The fraction of sp³-hybridized carbons (Fsp3) is 0.130. The lowest BCUT2D eigenvalue weighted by Gasteiger charge is -2.13. The number of benzene rings is 2. The number of halogens is 1. The highest BCUT2D eigenvalue weighted by atomic mass is 127. The van der Waals surface area contributed by atoms with Gasteiger partial charge in [0.05, 0.1) is 24.8 Å². The van der Waals surface area contributed by atoms with Gasteiger partial charge in [0.1, 0.15) is 15.5 Å². The lowest BCUT2D eigenvalue weighted by Crippen LogP contribution is -2.13. The Kier molecular flexibility index (Phi) is 6.59. The molecule has 0 spiro atoms. The maximum atomic E-state index is 13.2. The molecule has 4 aromatic rings. The van der Waals surface area contributed by atoms with Crippen LogP contribution in [-0.2, 0) is 14.8 Å². The number of esters is 1. The van der Waals surface area contributed by atoms with Crippen molar-refractivity contribution in [3.8, 4) is 16.9 Å². The molecule has 0 bridgehead atoms. The predicted octanol–water partition coefficient (Wildman–Crippen LogP) is 5.47. The van der Waals surface area contributed by atoms with Gasteiger partial charge in [-0.2, -0.15) is 0 Å². The summed E-state index contributed by atoms with van der Waals surface area (Å²) in [5, 5.41) is 0.522. The first-order chi connectivity index (χ1) is 15.7. The third-order valence-electron chi connectivity index (χ3n) is 4.87. The molecular weight excluding hydrogens is 575 g/mol. The van der Waals surface area contributed by atoms with Gasteiger partial charge in [-0.25, -0.2) is 18.2 Å². The SMILES string of the molecule is COC(=O)c1sc2nc(C)cc(NS(=O)(=O)c3cccc(I)c3)c2c1-c1cccc(OC)c1. The number of pyridine rings is 1. The smallest absolute Gasteiger partial charge is 0.348 e. The summed E-state index contributed by atoms with van der Waals surface area (Å²) in [6.45, 7) is 1.77. The van der Waals surface area contributed by atoms with E-state index in [9.17, 15) is 13.2 Å². The van der Waals surface area contributed by atoms with E-state index < -0.39 is 16.0 Å². The first-order valence-corrected chi connectivity index (χ1v) is 13.1. The number of carbonyl (C=O) groups excluding carboxylic acids is 1. The largest absolute Gasteiger partial charge is 0.497 e. The van der Waals surface area contributed by atoms with Crippen LogP contribution < -0.4 is 9.46 Å². The number of aromatic nitrogens is 1. The fourth-order valence-corrected chi connectivity index (χ4v) is 6.48. The van der Waals surface area contributed by atoms with E-state index in [1.165, 1.54) is 13.2 Å². The molecule has 0 aliphatic heterocycles. The molecule has 2 aromatic carbocycles. The number of anilines is 1. The van der Waals surface area contributed by atoms with Gasteiger partial charge in [-0.05, 0) is 71.5 Å². The zero-order chi connectivity index (χ0) is 23.8. The summed E-state index contributed by atoms with van der Waals surface area (Å²) in [7, 11) is -1.03. The van der Waals surface area contributed by atoms with Crippen molar-refractivity contribution in [2.45, 2.75) is 11.8 Å². The molecule has 2 aromatic heterocycles. The fourth-order valence-electron chi connectivity index (χ4n) is 3.43. The molecule has 0 saturated carbocycles. The summed E-state index contributed by atoms with van der Waals surface area (Å²) in [6.07, 6.45) is 0. The summed E-state index contributed by atoms with van der Waals surface area (Å²) in [6, 6.07) is 15.5. The molecule has 0 amide bonds. The van der Waals surface area contributed by atoms with Crippen LogP contribution in [0.2, 0.25) is 0 Å². The third kappa shape index (κ3) is 4.68. The summed E-state index contributed by atoms with van der Waals surface area (Å²) in [5.41, 5.74) is 2.16. The van der Waals surface area contributed by atoms with E-state index in [1.54, 1.807) is 50.4 Å². The van der Waals surface area contributed by atoms with Gasteiger partial charge < -0.3 is 9.47 Å². The van der Waals surface area contributed by atoms with Crippen LogP contribution in [0.5, 0.6) is 5.75 Å². The molecule has 170 valence electrons. The van der Waals surface area contributed by atoms with Crippen molar-refractivity contribution in [2.75, 3.05) is 18.9 Å². The van der Waals surface area contributed by atoms with Gasteiger partial charge in [-0.15, -0.1) is 11.3 Å². The molecule has 0 radical (unpaired) electrons. The number of thiophene rings is 1. The van der Waals surface area contributed by atoms with E-state index >= 15 is 0 Å². The molecule has 0 saturated heterocycles. The van der Waals surface area contributed by atoms with E-state index in [0.717, 1.165) is 14.9 Å². The average Bonchev–Trinajstić information content (AvgIpc) is 3.18. The molecule has 0 aliphatic carbocycles. The number of aryl methyl sites for hydroxylation is 1. The molecular formula is C23H19IN2O5S2. The van der Waals surface area contributed by atoms with E-state index in [4.69, 9.17) is 9.47 Å². The topological polar surface area (TPSA) is 94.6 Å². The lowest BCUT2D eigenvalue weighted by molar-refractivity contribution is 0.0607. The van der Waals surface area contributed by atoms with Crippen molar-refractivity contribution in [1.82, 2.24) is 4.98 Å². The monoisotopic (exact) mass is 594 g/mol. The van der Waals surface area contributed by atoms with E-state index in [2.05, 4.69) is 32.3 Å². The minimum absolute atomic E-state index is 0.142. The summed E-state index contributed by atoms with van der Waals surface area (Å²) >= 11 is 3.22. The van der Waals surface area contributed by atoms with Gasteiger partial charge in [0.25, 0.3) is 10.0 Å². The maximum absolute atomic E-state index is 13.2. The summed E-state index contributed by atoms with van der Waals surface area (Å²) < 4.78 is 40.3. The van der Waals surface area contributed by atoms with Crippen LogP contribution in [0.25, 0.3) is 21.3 Å². The first-order valence-electron chi connectivity index (χ1n) is 9.68. The minimum Gasteiger partial charge on any atom is -0.497 e. The number of nitrogens with zero attached hydrogens (tertiary/aromatic N) is 1. The number of hydrogen-bond donors (Lipinski definition) is 1. The number of sulfonamides is 1. The Hall–Kier alpha value is -2.70. The number of rotatable bonds is 6. The predicted molar refractivity (Wildman–Crippen MR) is 138 cm³/mol. The Bertz CT molecular complexity index is 1480. The second-order valence-electron chi connectivity index (χ2n) is 7.08. The van der Waals surface area contributed by atoms with Gasteiger partial charge in [0.15, 0.2) is 0 Å². The quantitative estimate of drug-likeness (QED) is 0.235. The van der Waals surface area contributed by atoms with Crippen LogP contribution in [0, 0.1) is 10.5 Å². The number of nitrogens with one attached hydrogen (secondary N) is 1. The van der Waals surface area contributed by atoms with Crippen molar-refractivity contribution in [2.24, 2.45) is 0 Å². The van der Waals surface area contributed by atoms with Crippen molar-refractivity contribution in [1.29, 1.82) is 0 Å². The zero-order valence-electron chi connectivity index (χ0n) is 17.9. The normalized spacial score (nSPS) is 11.4. The summed E-state index contributed by atoms with van der Waals surface area (Å²) in [4.78, 5) is 18.2. The van der Waals surface area contributed by atoms with Gasteiger partial charge in [0.2, 0.25) is 0 Å². The Morgan fingerprint density at radius 1 is 1.09 bits per heavy atom. The van der Waals surface area contributed by atoms with Crippen LogP contribution in [0.4, 0.5) is 5.69 Å². The van der Waals surface area contributed by atoms with Crippen molar-refractivity contribution in [3.63, 3.8) is 0 Å². The Labute approximate surface area is 209 Å². The minimum atomic E-state index is -3.89. The average molecular weight is 594 g/mol. The van der Waals surface area contributed by atoms with Crippen LogP contribution >= 0.6 is 33.9 Å². The highest BCUT2D eigenvalue weighted by Crippen LogP contribution is 2.43. The van der Waals surface area contributed by atoms with Crippen LogP contribution in [0.15, 0.2) is 59.5 Å². The highest BCUT2D eigenvalue weighted by molar-refractivity contribution is 14.1. The third-order valence-corrected chi connectivity index (χ3v) is 7.97. The molecule has 7 nitrogen and oxygen atoms in total. The molecule has 33 heavy (non-hydrogen) atoms. The van der Waals surface area contributed by atoms with E-state index in [0.29, 0.717) is 43.4 Å². The van der Waals surface area contributed by atoms with E-state index in [1.807, 2.05) is 12.1 Å². The Morgan fingerprint density at radius 3 is 2.55 bits per heavy atom. The number of carbonyl (C=O) groups is 1. The molecule has 0 aliphatic rings. The molecule has 4 rings (SSSR count). The van der Waals surface area contributed by atoms with Crippen LogP contribution in [0.3, 0.4) is 0 Å². The van der Waals surface area contributed by atoms with Gasteiger partial charge in [0, 0.05) is 20.2 Å². The summed E-state index contributed by atoms with van der Waals surface area (Å²) in [5.74, 6) is 0.0728. The second kappa shape index (κ2) is 9.27. The zero-order valence-corrected chi connectivity index (χ0v) is 21.7. The van der Waals surface area contributed by atoms with Crippen LogP contribution in [0.1, 0.15) is 15.4 Å². The van der Waals surface area contributed by atoms with Gasteiger partial charge >= 0.3 is 5.97 Å². The van der Waals surface area contributed by atoms with Crippen molar-refractivity contribution >= 4 is 65.8 Å². The Morgan fingerprint density at radius 2 is 1.85 bits per heavy atom. The number of ether oxygens (including phenoxy) is 2. The molecule has 1 N–H and O–H groups in total. The van der Waals surface area contributed by atoms with Crippen LogP contribution in [-0.4, -0.2) is 33.6 Å². The molecule has 0 unspecified atom stereocenters. The van der Waals surface area contributed by atoms with Gasteiger partial charge in [-0.1, -0.05) is 18.2 Å². The lowest BCUT2D eigenvalue weighted by atomic mass is 10.0. The van der Waals surface area contributed by atoms with E-state index in [-0.39, 0.29) is 4.90 Å². The standard InChI is InChI=1S/C23H19IN2O5S2/c1-13-10-18(26-33(28,29)17-9-5-7-15(24)12-17)20-19(14-6-4-8-16(11-14)30-2)21(23(27)31-3)32-22(20)25-13/h4-12H,1-3H3,(H,25,26). The highest BCUT2D eigenvalue weighted by Gasteiger charge is 2.26. The molecule has 0 fully saturated rings. The number of methoxy groups -OCH3 is 2. The number of hydrogen-bond acceptors (Lipinski definition) is 7. The number of fused-ring (bicyclic) bond motifs is 1. The van der Waals surface area contributed by atoms with Gasteiger partial charge in [-0.3, -0.25) is 4.72 Å². The second-order valence-corrected chi connectivity index (χ2v) is 11.0. The molecule has 10 heteroatoms. The first kappa shape index (κ1) is 23.5. The maximum Gasteiger partial charge on any atom is 0.348 e. The van der Waals surface area contributed by atoms with Crippen molar-refractivity contribution in [3.05, 3.63) is 68.7 Å². The van der Waals surface area contributed by atoms with Crippen molar-refractivity contribution < 1.29 is 22.7 Å². The molecule has 2 heterocycles.